The Morgan fingerprint density at radius 1 is 0.913 bits per heavy atom. The van der Waals surface area contributed by atoms with Gasteiger partial charge in [0.15, 0.2) is 0 Å². The van der Waals surface area contributed by atoms with E-state index in [0.717, 1.165) is 27.8 Å². The third kappa shape index (κ3) is 4.71. The van der Waals surface area contributed by atoms with E-state index in [1.54, 1.807) is 10.8 Å². The number of para-hydroxylation sites is 3. The van der Waals surface area contributed by atoms with Crippen LogP contribution in [0.2, 0.25) is 0 Å². The second-order valence-corrected chi connectivity index (χ2v) is 14.3. The van der Waals surface area contributed by atoms with Crippen molar-refractivity contribution in [3.05, 3.63) is 124 Å². The van der Waals surface area contributed by atoms with E-state index in [1.165, 1.54) is 16.6 Å². The molecule has 0 amide bonds. The molecule has 7 aromatic rings. The molecule has 3 heterocycles. The fourth-order valence-electron chi connectivity index (χ4n) is 6.85. The van der Waals surface area contributed by atoms with Crippen LogP contribution in [0.4, 0.5) is 0 Å². The van der Waals surface area contributed by atoms with Crippen molar-refractivity contribution >= 4 is 32.8 Å². The van der Waals surface area contributed by atoms with Gasteiger partial charge >= 0.3 is 202 Å². The van der Waals surface area contributed by atoms with Gasteiger partial charge in [0.05, 0.1) is 5.48 Å². The van der Waals surface area contributed by atoms with Gasteiger partial charge in [-0.25, -0.2) is 4.98 Å². The molecular weight excluding hydrogens is 748 g/mol. The Hall–Kier alpha value is -4.21. The molecule has 2 unspecified atom stereocenters. The van der Waals surface area contributed by atoms with Crippen LogP contribution >= 0.6 is 0 Å². The average molecular weight is 788 g/mol. The summed E-state index contributed by atoms with van der Waals surface area (Å²) in [4.78, 5) is 4.69. The van der Waals surface area contributed by atoms with Gasteiger partial charge in [0.1, 0.15) is 0 Å². The zero-order chi connectivity index (χ0) is 35.2. The van der Waals surface area contributed by atoms with Crippen molar-refractivity contribution in [2.24, 2.45) is 7.05 Å². The number of aromatic nitrogens is 4. The molecular formula is C40H36N4OPt-2. The molecule has 8 rings (SSSR count). The molecule has 234 valence electrons. The van der Waals surface area contributed by atoms with Crippen LogP contribution in [0.5, 0.6) is 11.5 Å². The Balaban J connectivity index is 1.29. The summed E-state index contributed by atoms with van der Waals surface area (Å²) >= 11 is 2.43. The van der Waals surface area contributed by atoms with Crippen LogP contribution in [-0.4, -0.2) is 18.7 Å². The number of hydrogen-bond donors (Lipinski definition) is 0. The van der Waals surface area contributed by atoms with Gasteiger partial charge in [0, 0.05) is 6.20 Å². The summed E-state index contributed by atoms with van der Waals surface area (Å²) in [6, 6.07) is 26.7. The summed E-state index contributed by atoms with van der Waals surface area (Å²) in [6.45, 7) is 8.66. The van der Waals surface area contributed by atoms with Crippen LogP contribution in [0.1, 0.15) is 74.7 Å². The van der Waals surface area contributed by atoms with Crippen LogP contribution < -0.4 is 4.74 Å². The molecule has 2 atom stereocenters. The van der Waals surface area contributed by atoms with Gasteiger partial charge in [0.25, 0.3) is 0 Å². The van der Waals surface area contributed by atoms with Crippen LogP contribution in [0.3, 0.4) is 0 Å². The minimum atomic E-state index is -0.291. The Labute approximate surface area is 286 Å². The zero-order valence-corrected chi connectivity index (χ0v) is 28.7. The number of ether oxygens (including phenoxy) is 1. The predicted molar refractivity (Wildman–Crippen MR) is 181 cm³/mol. The minimum absolute atomic E-state index is 0.0948. The van der Waals surface area contributed by atoms with E-state index < -0.39 is 0 Å². The first kappa shape index (κ1) is 24.9. The summed E-state index contributed by atoms with van der Waals surface area (Å²) in [5.41, 5.74) is 6.60. The van der Waals surface area contributed by atoms with Crippen molar-refractivity contribution in [2.75, 3.05) is 0 Å². The van der Waals surface area contributed by atoms with Gasteiger partial charge in [-0.2, -0.15) is 0 Å². The van der Waals surface area contributed by atoms with Gasteiger partial charge in [-0.15, -0.1) is 0 Å². The van der Waals surface area contributed by atoms with Crippen LogP contribution in [0, 0.1) is 15.9 Å². The van der Waals surface area contributed by atoms with E-state index in [2.05, 4.69) is 106 Å². The molecule has 4 aromatic carbocycles. The zero-order valence-electron chi connectivity index (χ0n) is 30.4. The monoisotopic (exact) mass is 787 g/mol. The van der Waals surface area contributed by atoms with E-state index in [4.69, 9.17) is 15.2 Å². The second kappa shape index (κ2) is 11.0. The summed E-state index contributed by atoms with van der Waals surface area (Å²) in [6.07, 6.45) is 3.81. The first-order valence-electron chi connectivity index (χ1n) is 17.6. The van der Waals surface area contributed by atoms with E-state index in [-0.39, 0.29) is 35.6 Å². The van der Waals surface area contributed by atoms with Gasteiger partial charge in [0.2, 0.25) is 0 Å². The number of aryl methyl sites for hydroxylation is 1. The minimum Gasteiger partial charge on any atom is -0.239 e. The van der Waals surface area contributed by atoms with Gasteiger partial charge < -0.3 is 0 Å². The molecule has 5 nitrogen and oxygen atoms in total. The quantitative estimate of drug-likeness (QED) is 0.167. The van der Waals surface area contributed by atoms with E-state index in [1.807, 2.05) is 30.3 Å². The van der Waals surface area contributed by atoms with Crippen molar-refractivity contribution < 1.29 is 29.6 Å². The fourth-order valence-corrected chi connectivity index (χ4v) is 7.75. The van der Waals surface area contributed by atoms with Gasteiger partial charge in [-0.3, -0.25) is 0 Å². The predicted octanol–water partition coefficient (Wildman–Crippen LogP) is 9.73. The van der Waals surface area contributed by atoms with Crippen molar-refractivity contribution in [3.8, 4) is 17.3 Å². The number of fused-ring (bicyclic) bond motifs is 5. The average Bonchev–Trinajstić information content (AvgIpc) is 3.57. The van der Waals surface area contributed by atoms with E-state index in [9.17, 15) is 0 Å². The number of imidazole rings is 1. The van der Waals surface area contributed by atoms with Crippen molar-refractivity contribution in [3.63, 3.8) is 0 Å². The Morgan fingerprint density at radius 2 is 1.67 bits per heavy atom. The molecule has 6 heteroatoms. The topological polar surface area (TPSA) is 36.9 Å². The summed E-state index contributed by atoms with van der Waals surface area (Å²) in [7, 11) is 2.11. The molecule has 0 fully saturated rings. The molecule has 0 aliphatic heterocycles. The smallest absolute Gasteiger partial charge is 0.239 e. The number of rotatable bonds is 4. The maximum absolute atomic E-state index is 8.93. The maximum atomic E-state index is 8.93. The molecule has 3 aromatic heterocycles. The van der Waals surface area contributed by atoms with Crippen LogP contribution in [0.15, 0.2) is 91.0 Å². The van der Waals surface area contributed by atoms with E-state index >= 15 is 0 Å². The Morgan fingerprint density at radius 3 is 2.50 bits per heavy atom. The SMILES string of the molecule is [2H]c1c([2H])c([2H])c2c(c1[2H])c1ccc(Oc3[c-]c4c(cc3)C(C)CCC4n3[c](=[Pt])n(C)c4ccccc43)[c-]c1n2-c1cc(C(C)(C)C)ccn1. The molecule has 0 radical (unpaired) electrons. The second-order valence-electron chi connectivity index (χ2n) is 13.2. The molecule has 0 spiro atoms. The van der Waals surface area contributed by atoms with Crippen molar-refractivity contribution in [2.45, 2.75) is 57.9 Å². The third-order valence-electron chi connectivity index (χ3n) is 9.32. The first-order chi connectivity index (χ1) is 23.8. The number of hydrogen-bond acceptors (Lipinski definition) is 2. The molecule has 0 saturated carbocycles. The molecule has 0 N–H and O–H groups in total. The van der Waals surface area contributed by atoms with Gasteiger partial charge in [-0.1, -0.05) is 38.9 Å². The van der Waals surface area contributed by atoms with E-state index in [0.29, 0.717) is 45.0 Å². The standard InChI is InChI=1S/C40H36N4O.Pt/c1-26-14-19-34(43-25-42(5)36-12-8-9-13-37(36)43)33-23-28(15-17-30(26)33)45-29-16-18-32-31-10-6-7-11-35(31)44(38(32)24-29)39-22-27(20-21-41-39)40(2,3)4;/h6-13,15-18,20-22,26,34H,14,19H2,1-5H3;/q-2;/i6D,7D,10D,11D;. The molecule has 46 heavy (non-hydrogen) atoms. The first-order valence-corrected chi connectivity index (χ1v) is 16.8. The Bertz CT molecular complexity index is 2580. The Kier molecular flexibility index (Phi) is 5.94. The molecule has 1 aliphatic rings. The summed E-state index contributed by atoms with van der Waals surface area (Å²) in [5.74, 6) is 1.98. The molecule has 1 aliphatic carbocycles. The normalized spacial score (nSPS) is 18.0. The number of benzene rings is 4. The van der Waals surface area contributed by atoms with Gasteiger partial charge in [-0.05, 0) is 29.2 Å². The third-order valence-corrected chi connectivity index (χ3v) is 10.6. The van der Waals surface area contributed by atoms with Crippen LogP contribution in [-0.2, 0) is 31.8 Å². The van der Waals surface area contributed by atoms with Crippen LogP contribution in [0.25, 0.3) is 38.7 Å². The fraction of sp³-hybridized carbons (Fsp3) is 0.250. The number of pyridine rings is 1. The number of nitrogens with zero attached hydrogens (tertiary/aromatic N) is 4. The molecule has 0 saturated heterocycles. The van der Waals surface area contributed by atoms with Crippen molar-refractivity contribution in [1.29, 1.82) is 0 Å². The summed E-state index contributed by atoms with van der Waals surface area (Å²) in [5, 5.41) is 1.07. The molecule has 0 bridgehead atoms. The van der Waals surface area contributed by atoms with Crippen molar-refractivity contribution in [1.82, 2.24) is 18.7 Å². The summed E-state index contributed by atoms with van der Waals surface area (Å²) < 4.78 is 48.8.